The quantitative estimate of drug-likeness (QED) is 0.408. The van der Waals surface area contributed by atoms with Crippen LogP contribution < -0.4 is 0 Å². The summed E-state index contributed by atoms with van der Waals surface area (Å²) in [6.45, 7) is 6.95. The van der Waals surface area contributed by atoms with E-state index in [9.17, 15) is 19.5 Å². The van der Waals surface area contributed by atoms with Crippen molar-refractivity contribution in [2.24, 2.45) is 11.8 Å². The topological polar surface area (TPSA) is 81.2 Å². The Morgan fingerprint density at radius 3 is 2.42 bits per heavy atom. The number of amides is 3. The van der Waals surface area contributed by atoms with E-state index in [1.165, 1.54) is 0 Å². The third-order valence-electron chi connectivity index (χ3n) is 7.41. The standard InChI is InChI=1S/C25H37N3O4S/c1-3-5-6-13-27-15-8-11-25-20(23(31)28(16-9-17-29)21(25)24(27)32)19-18(33-25)10-7-14-26(12-4-2)22(19)30/h7-8,10-11,18-21,29H,3-6,9,12-17H2,1-2H3/t18-,19+,20+,21?,25+/m1/s1. The van der Waals surface area contributed by atoms with E-state index in [1.54, 1.807) is 16.7 Å². The minimum atomic E-state index is -0.742. The van der Waals surface area contributed by atoms with Gasteiger partial charge in [-0.2, -0.15) is 0 Å². The van der Waals surface area contributed by atoms with Gasteiger partial charge in [0, 0.05) is 44.6 Å². The molecule has 4 aliphatic heterocycles. The Hall–Kier alpha value is -1.80. The third-order valence-corrected chi connectivity index (χ3v) is 9.15. The molecule has 33 heavy (non-hydrogen) atoms. The number of unbranched alkanes of at least 4 members (excludes halogenated alkanes) is 2. The van der Waals surface area contributed by atoms with E-state index in [-0.39, 0.29) is 29.6 Å². The molecule has 0 aromatic carbocycles. The Bertz CT molecular complexity index is 830. The first-order valence-corrected chi connectivity index (χ1v) is 13.4. The summed E-state index contributed by atoms with van der Waals surface area (Å²) in [5.74, 6) is -1.11. The summed E-state index contributed by atoms with van der Waals surface area (Å²) in [5, 5.41) is 9.35. The van der Waals surface area contributed by atoms with Gasteiger partial charge in [-0.1, -0.05) is 51.0 Å². The maximum absolute atomic E-state index is 13.9. The Kier molecular flexibility index (Phi) is 7.53. The molecule has 2 saturated heterocycles. The van der Waals surface area contributed by atoms with Gasteiger partial charge in [0.1, 0.15) is 6.04 Å². The molecular weight excluding hydrogens is 438 g/mol. The van der Waals surface area contributed by atoms with Crippen molar-refractivity contribution in [1.29, 1.82) is 0 Å². The van der Waals surface area contributed by atoms with Crippen LogP contribution in [0.3, 0.4) is 0 Å². The van der Waals surface area contributed by atoms with Gasteiger partial charge in [0.2, 0.25) is 17.7 Å². The smallest absolute Gasteiger partial charge is 0.247 e. The van der Waals surface area contributed by atoms with Crippen molar-refractivity contribution in [3.63, 3.8) is 0 Å². The SMILES string of the molecule is CCCCCN1CC=C[C@]23S[C@@H]4C=CCN(CCC)C(=O)[C@@H]4[C@H]2C(=O)N(CCCO)C3C1=O. The molecule has 1 N–H and O–H groups in total. The predicted octanol–water partition coefficient (Wildman–Crippen LogP) is 2.06. The summed E-state index contributed by atoms with van der Waals surface area (Å²) >= 11 is 1.63. The van der Waals surface area contributed by atoms with Crippen molar-refractivity contribution in [2.45, 2.75) is 62.0 Å². The normalized spacial score (nSPS) is 33.3. The molecule has 8 heteroatoms. The Balaban J connectivity index is 1.73. The van der Waals surface area contributed by atoms with E-state index in [0.717, 1.165) is 25.7 Å². The predicted molar refractivity (Wildman–Crippen MR) is 130 cm³/mol. The first-order valence-electron chi connectivity index (χ1n) is 12.5. The number of fused-ring (bicyclic) bond motifs is 2. The molecule has 5 atom stereocenters. The summed E-state index contributed by atoms with van der Waals surface area (Å²) in [6.07, 6.45) is 12.6. The minimum Gasteiger partial charge on any atom is -0.396 e. The van der Waals surface area contributed by atoms with E-state index in [0.29, 0.717) is 39.1 Å². The summed E-state index contributed by atoms with van der Waals surface area (Å²) in [4.78, 5) is 46.9. The minimum absolute atomic E-state index is 0.0179. The number of nitrogens with zero attached hydrogens (tertiary/aromatic N) is 3. The molecule has 0 radical (unpaired) electrons. The maximum Gasteiger partial charge on any atom is 0.247 e. The van der Waals surface area contributed by atoms with Crippen LogP contribution in [0, 0.1) is 11.8 Å². The van der Waals surface area contributed by atoms with E-state index < -0.39 is 22.6 Å². The van der Waals surface area contributed by atoms with Gasteiger partial charge in [-0.3, -0.25) is 14.4 Å². The third kappa shape index (κ3) is 4.14. The number of rotatable bonds is 9. The molecule has 7 nitrogen and oxygen atoms in total. The van der Waals surface area contributed by atoms with Crippen LogP contribution in [0.15, 0.2) is 24.3 Å². The van der Waals surface area contributed by atoms with Crippen molar-refractivity contribution >= 4 is 29.5 Å². The van der Waals surface area contributed by atoms with Crippen molar-refractivity contribution < 1.29 is 19.5 Å². The van der Waals surface area contributed by atoms with Gasteiger partial charge in [-0.15, -0.1) is 11.8 Å². The van der Waals surface area contributed by atoms with E-state index in [2.05, 4.69) is 26.0 Å². The zero-order valence-electron chi connectivity index (χ0n) is 19.8. The van der Waals surface area contributed by atoms with Gasteiger partial charge in [0.25, 0.3) is 0 Å². The van der Waals surface area contributed by atoms with E-state index >= 15 is 0 Å². The molecule has 1 spiro atoms. The van der Waals surface area contributed by atoms with Crippen LogP contribution >= 0.6 is 11.8 Å². The van der Waals surface area contributed by atoms with Crippen molar-refractivity contribution in [1.82, 2.24) is 14.7 Å². The summed E-state index contributed by atoms with van der Waals surface area (Å²) in [5.41, 5.74) is 0. The lowest BCUT2D eigenvalue weighted by molar-refractivity contribution is -0.144. The summed E-state index contributed by atoms with van der Waals surface area (Å²) < 4.78 is -0.742. The molecule has 4 rings (SSSR count). The number of hydrogen-bond donors (Lipinski definition) is 1. The van der Waals surface area contributed by atoms with Crippen molar-refractivity contribution in [3.8, 4) is 0 Å². The second kappa shape index (κ2) is 10.2. The second-order valence-corrected chi connectivity index (χ2v) is 11.0. The van der Waals surface area contributed by atoms with Crippen LogP contribution in [0.2, 0.25) is 0 Å². The van der Waals surface area contributed by atoms with Crippen LogP contribution in [0.1, 0.15) is 46.0 Å². The van der Waals surface area contributed by atoms with Crippen molar-refractivity contribution in [3.05, 3.63) is 24.3 Å². The van der Waals surface area contributed by atoms with Crippen LogP contribution in [-0.2, 0) is 14.4 Å². The lowest BCUT2D eigenvalue weighted by Gasteiger charge is -2.35. The summed E-state index contributed by atoms with van der Waals surface area (Å²) in [7, 11) is 0. The zero-order valence-corrected chi connectivity index (χ0v) is 20.6. The largest absolute Gasteiger partial charge is 0.396 e. The van der Waals surface area contributed by atoms with Crippen LogP contribution in [-0.4, -0.2) is 92.9 Å². The number of aliphatic hydroxyl groups excluding tert-OH is 1. The highest BCUT2D eigenvalue weighted by Gasteiger charge is 2.70. The van der Waals surface area contributed by atoms with Crippen molar-refractivity contribution in [2.75, 3.05) is 39.3 Å². The second-order valence-electron chi connectivity index (χ2n) is 9.56. The Morgan fingerprint density at radius 2 is 1.70 bits per heavy atom. The lowest BCUT2D eigenvalue weighted by Crippen LogP contribution is -2.53. The number of aliphatic hydroxyl groups is 1. The molecule has 3 amide bonds. The summed E-state index contributed by atoms with van der Waals surface area (Å²) in [6, 6.07) is -0.625. The monoisotopic (exact) mass is 475 g/mol. The lowest BCUT2D eigenvalue weighted by atomic mass is 9.78. The first-order chi connectivity index (χ1) is 16.0. The van der Waals surface area contributed by atoms with Gasteiger partial charge in [0.05, 0.1) is 16.6 Å². The fourth-order valence-electron chi connectivity index (χ4n) is 5.94. The molecule has 4 aliphatic rings. The van der Waals surface area contributed by atoms with Gasteiger partial charge in [-0.05, 0) is 19.3 Å². The van der Waals surface area contributed by atoms with Crippen LogP contribution in [0.4, 0.5) is 0 Å². The number of hydrogen-bond acceptors (Lipinski definition) is 5. The van der Waals surface area contributed by atoms with Gasteiger partial charge in [-0.25, -0.2) is 0 Å². The maximum atomic E-state index is 13.9. The molecule has 0 aromatic rings. The van der Waals surface area contributed by atoms with Gasteiger partial charge < -0.3 is 19.8 Å². The Morgan fingerprint density at radius 1 is 0.939 bits per heavy atom. The highest BCUT2D eigenvalue weighted by Crippen LogP contribution is 2.61. The molecule has 0 saturated carbocycles. The molecule has 0 bridgehead atoms. The van der Waals surface area contributed by atoms with Crippen LogP contribution in [0.25, 0.3) is 0 Å². The fourth-order valence-corrected chi connectivity index (χ4v) is 7.95. The number of likely N-dealkylation sites (tertiary alicyclic amines) is 1. The molecule has 2 fully saturated rings. The highest BCUT2D eigenvalue weighted by atomic mass is 32.2. The van der Waals surface area contributed by atoms with E-state index in [4.69, 9.17) is 0 Å². The van der Waals surface area contributed by atoms with E-state index in [1.807, 2.05) is 22.0 Å². The number of carbonyl (C=O) groups excluding carboxylic acids is 3. The number of thioether (sulfide) groups is 1. The molecule has 4 heterocycles. The number of carbonyl (C=O) groups is 3. The fraction of sp³-hybridized carbons (Fsp3) is 0.720. The Labute approximate surface area is 201 Å². The zero-order chi connectivity index (χ0) is 23.6. The molecular formula is C25H37N3O4S. The molecule has 1 unspecified atom stereocenters. The molecule has 182 valence electrons. The van der Waals surface area contributed by atoms with Crippen LogP contribution in [0.5, 0.6) is 0 Å². The average Bonchev–Trinajstić information content (AvgIpc) is 3.12. The first kappa shape index (κ1) is 24.3. The average molecular weight is 476 g/mol. The van der Waals surface area contributed by atoms with Gasteiger partial charge >= 0.3 is 0 Å². The molecule has 0 aliphatic carbocycles. The molecule has 0 aromatic heterocycles. The van der Waals surface area contributed by atoms with Gasteiger partial charge in [0.15, 0.2) is 0 Å². The highest BCUT2D eigenvalue weighted by molar-refractivity contribution is 8.02.